The van der Waals surface area contributed by atoms with Crippen molar-refractivity contribution in [2.24, 2.45) is 5.73 Å². The Kier molecular flexibility index (Phi) is 4.01. The lowest BCUT2D eigenvalue weighted by molar-refractivity contribution is 0.582. The van der Waals surface area contributed by atoms with E-state index < -0.39 is 27.3 Å². The number of para-hydroxylation sites is 1. The number of hydrogen-bond acceptors (Lipinski definition) is 3. The molecule has 4 nitrogen and oxygen atoms in total. The quantitative estimate of drug-likeness (QED) is 0.909. The average Bonchev–Trinajstić information content (AvgIpc) is 2.43. The molecule has 0 spiro atoms. The number of anilines is 1. The van der Waals surface area contributed by atoms with Crippen LogP contribution in [-0.2, 0) is 16.6 Å². The summed E-state index contributed by atoms with van der Waals surface area (Å²) in [4.78, 5) is -0.106. The average molecular weight is 298 g/mol. The van der Waals surface area contributed by atoms with Gasteiger partial charge in [-0.25, -0.2) is 17.2 Å². The molecule has 0 radical (unpaired) electrons. The monoisotopic (exact) mass is 298 g/mol. The molecule has 0 fully saturated rings. The van der Waals surface area contributed by atoms with E-state index in [-0.39, 0.29) is 11.4 Å². The second-order valence-electron chi connectivity index (χ2n) is 4.01. The molecular weight excluding hydrogens is 286 g/mol. The highest BCUT2D eigenvalue weighted by molar-refractivity contribution is 7.92. The smallest absolute Gasteiger partial charge is 0.262 e. The van der Waals surface area contributed by atoms with Crippen LogP contribution >= 0.6 is 0 Å². The first kappa shape index (κ1) is 14.4. The second-order valence-corrected chi connectivity index (χ2v) is 5.66. The van der Waals surface area contributed by atoms with Crippen LogP contribution < -0.4 is 10.5 Å². The summed E-state index contributed by atoms with van der Waals surface area (Å²) < 4.78 is 53.3. The molecule has 0 aliphatic rings. The predicted octanol–water partition coefficient (Wildman–Crippen LogP) is 2.22. The van der Waals surface area contributed by atoms with Gasteiger partial charge in [0.1, 0.15) is 17.3 Å². The van der Waals surface area contributed by atoms with Crippen molar-refractivity contribution in [3.8, 4) is 0 Å². The van der Waals surface area contributed by atoms with Gasteiger partial charge in [0.2, 0.25) is 0 Å². The number of nitrogens with one attached hydrogen (secondary N) is 1. The van der Waals surface area contributed by atoms with Crippen LogP contribution in [0.15, 0.2) is 47.4 Å². The van der Waals surface area contributed by atoms with Gasteiger partial charge in [0.05, 0.1) is 4.90 Å². The SMILES string of the molecule is NCc1ccccc1S(=O)(=O)Nc1c(F)cccc1F. The molecule has 0 aliphatic heterocycles. The third-order valence-electron chi connectivity index (χ3n) is 2.68. The van der Waals surface area contributed by atoms with Crippen molar-refractivity contribution < 1.29 is 17.2 Å². The van der Waals surface area contributed by atoms with E-state index >= 15 is 0 Å². The van der Waals surface area contributed by atoms with Gasteiger partial charge in [-0.3, -0.25) is 4.72 Å². The summed E-state index contributed by atoms with van der Waals surface area (Å²) in [5.41, 5.74) is 5.11. The van der Waals surface area contributed by atoms with E-state index in [1.165, 1.54) is 18.2 Å². The largest absolute Gasteiger partial charge is 0.326 e. The Morgan fingerprint density at radius 3 is 2.20 bits per heavy atom. The van der Waals surface area contributed by atoms with Crippen molar-refractivity contribution in [1.29, 1.82) is 0 Å². The van der Waals surface area contributed by atoms with Gasteiger partial charge in [-0.2, -0.15) is 0 Å². The molecule has 2 rings (SSSR count). The summed E-state index contributed by atoms with van der Waals surface area (Å²) in [5, 5.41) is 0. The molecule has 0 bridgehead atoms. The molecule has 0 saturated heterocycles. The number of nitrogens with two attached hydrogens (primary N) is 1. The van der Waals surface area contributed by atoms with Gasteiger partial charge in [0, 0.05) is 6.54 Å². The first-order chi connectivity index (χ1) is 9.45. The van der Waals surface area contributed by atoms with Crippen molar-refractivity contribution in [3.63, 3.8) is 0 Å². The van der Waals surface area contributed by atoms with Gasteiger partial charge >= 0.3 is 0 Å². The third kappa shape index (κ3) is 2.78. The van der Waals surface area contributed by atoms with Gasteiger partial charge < -0.3 is 5.73 Å². The van der Waals surface area contributed by atoms with E-state index in [4.69, 9.17) is 5.73 Å². The molecule has 2 aromatic carbocycles. The van der Waals surface area contributed by atoms with Gasteiger partial charge in [-0.15, -0.1) is 0 Å². The highest BCUT2D eigenvalue weighted by Crippen LogP contribution is 2.23. The van der Waals surface area contributed by atoms with Crippen LogP contribution in [0.2, 0.25) is 0 Å². The maximum Gasteiger partial charge on any atom is 0.262 e. The maximum atomic E-state index is 13.5. The highest BCUT2D eigenvalue weighted by Gasteiger charge is 2.21. The van der Waals surface area contributed by atoms with E-state index in [0.717, 1.165) is 18.2 Å². The first-order valence-corrected chi connectivity index (χ1v) is 7.19. The molecule has 3 N–H and O–H groups in total. The zero-order valence-electron chi connectivity index (χ0n) is 10.3. The van der Waals surface area contributed by atoms with Crippen molar-refractivity contribution in [2.75, 3.05) is 4.72 Å². The lowest BCUT2D eigenvalue weighted by Gasteiger charge is -2.12. The zero-order valence-corrected chi connectivity index (χ0v) is 11.1. The molecule has 0 aliphatic carbocycles. The fourth-order valence-corrected chi connectivity index (χ4v) is 3.05. The topological polar surface area (TPSA) is 72.2 Å². The third-order valence-corrected chi connectivity index (χ3v) is 4.13. The van der Waals surface area contributed by atoms with E-state index in [0.29, 0.717) is 5.56 Å². The Morgan fingerprint density at radius 2 is 1.60 bits per heavy atom. The standard InChI is InChI=1S/C13H12F2N2O2S/c14-10-5-3-6-11(15)13(10)17-20(18,19)12-7-2-1-4-9(12)8-16/h1-7,17H,8,16H2. The normalized spacial score (nSPS) is 11.3. The van der Waals surface area contributed by atoms with Gasteiger partial charge in [-0.1, -0.05) is 24.3 Å². The van der Waals surface area contributed by atoms with Crippen molar-refractivity contribution >= 4 is 15.7 Å². The lowest BCUT2D eigenvalue weighted by Crippen LogP contribution is -2.17. The van der Waals surface area contributed by atoms with Crippen LogP contribution in [0.1, 0.15) is 5.56 Å². The van der Waals surface area contributed by atoms with Crippen LogP contribution in [0.4, 0.5) is 14.5 Å². The number of halogens is 2. The summed E-state index contributed by atoms with van der Waals surface area (Å²) >= 11 is 0. The first-order valence-electron chi connectivity index (χ1n) is 5.70. The van der Waals surface area contributed by atoms with E-state index in [9.17, 15) is 17.2 Å². The minimum absolute atomic E-state index is 0.00314. The van der Waals surface area contributed by atoms with Crippen LogP contribution in [0.25, 0.3) is 0 Å². The van der Waals surface area contributed by atoms with Crippen molar-refractivity contribution in [2.45, 2.75) is 11.4 Å². The zero-order chi connectivity index (χ0) is 14.8. The van der Waals surface area contributed by atoms with Crippen LogP contribution in [0.3, 0.4) is 0 Å². The van der Waals surface area contributed by atoms with E-state index in [2.05, 4.69) is 0 Å². The molecular formula is C13H12F2N2O2S. The van der Waals surface area contributed by atoms with E-state index in [1.807, 2.05) is 4.72 Å². The molecule has 0 unspecified atom stereocenters. The Labute approximate surface area is 115 Å². The molecule has 0 aromatic heterocycles. The second kappa shape index (κ2) is 5.56. The van der Waals surface area contributed by atoms with Crippen molar-refractivity contribution in [1.82, 2.24) is 0 Å². The number of sulfonamides is 1. The van der Waals surface area contributed by atoms with Gasteiger partial charge in [-0.05, 0) is 23.8 Å². The summed E-state index contributed by atoms with van der Waals surface area (Å²) in [5.74, 6) is -1.97. The summed E-state index contributed by atoms with van der Waals surface area (Å²) in [6.45, 7) is -0.00314. The summed E-state index contributed by atoms with van der Waals surface area (Å²) in [7, 11) is -4.11. The minimum atomic E-state index is -4.11. The fraction of sp³-hybridized carbons (Fsp3) is 0.0769. The molecule has 0 heterocycles. The molecule has 2 aromatic rings. The van der Waals surface area contributed by atoms with Crippen molar-refractivity contribution in [3.05, 3.63) is 59.7 Å². The Morgan fingerprint density at radius 1 is 1.00 bits per heavy atom. The van der Waals surface area contributed by atoms with Crippen LogP contribution in [0, 0.1) is 11.6 Å². The van der Waals surface area contributed by atoms with Gasteiger partial charge in [0.15, 0.2) is 0 Å². The lowest BCUT2D eigenvalue weighted by atomic mass is 10.2. The predicted molar refractivity (Wildman–Crippen MR) is 71.5 cm³/mol. The Hall–Kier alpha value is -1.99. The molecule has 0 saturated carbocycles. The van der Waals surface area contributed by atoms with Crippen LogP contribution in [0.5, 0.6) is 0 Å². The molecule has 0 atom stereocenters. The number of rotatable bonds is 4. The minimum Gasteiger partial charge on any atom is -0.326 e. The summed E-state index contributed by atoms with van der Waals surface area (Å²) in [6.07, 6.45) is 0. The Bertz CT molecular complexity index is 713. The number of benzene rings is 2. The molecule has 106 valence electrons. The molecule has 7 heteroatoms. The van der Waals surface area contributed by atoms with Gasteiger partial charge in [0.25, 0.3) is 10.0 Å². The summed E-state index contributed by atoms with van der Waals surface area (Å²) in [6, 6.07) is 9.08. The Balaban J connectivity index is 2.47. The van der Waals surface area contributed by atoms with E-state index in [1.54, 1.807) is 6.07 Å². The maximum absolute atomic E-state index is 13.5. The van der Waals surface area contributed by atoms with Crippen LogP contribution in [-0.4, -0.2) is 8.42 Å². The molecule has 0 amide bonds. The highest BCUT2D eigenvalue weighted by atomic mass is 32.2. The molecule has 20 heavy (non-hydrogen) atoms. The fourth-order valence-electron chi connectivity index (χ4n) is 1.72. The number of hydrogen-bond donors (Lipinski definition) is 2.